The van der Waals surface area contributed by atoms with Gasteiger partial charge in [-0.15, -0.1) is 0 Å². The minimum Gasteiger partial charge on any atom is -0.442 e. The second kappa shape index (κ2) is 11.4. The zero-order valence-electron chi connectivity index (χ0n) is 22.5. The first kappa shape index (κ1) is 29.6. The lowest BCUT2D eigenvalue weighted by Gasteiger charge is -2.42. The zero-order valence-corrected chi connectivity index (χ0v) is 22.5. The quantitative estimate of drug-likeness (QED) is 0.420. The van der Waals surface area contributed by atoms with Gasteiger partial charge in [0.05, 0.1) is 11.1 Å². The van der Waals surface area contributed by atoms with Gasteiger partial charge in [0.2, 0.25) is 0 Å². The van der Waals surface area contributed by atoms with Crippen LogP contribution in [-0.4, -0.2) is 87.4 Å². The summed E-state index contributed by atoms with van der Waals surface area (Å²) in [4.78, 5) is 31.1. The third kappa shape index (κ3) is 6.45. The van der Waals surface area contributed by atoms with Gasteiger partial charge in [0.1, 0.15) is 17.1 Å². The van der Waals surface area contributed by atoms with E-state index in [1.807, 2.05) is 0 Å². The van der Waals surface area contributed by atoms with Crippen molar-refractivity contribution in [1.82, 2.24) is 30.1 Å². The minimum absolute atomic E-state index is 0.0368. The number of nitrogens with one attached hydrogen (secondary N) is 1. The van der Waals surface area contributed by atoms with Gasteiger partial charge in [0, 0.05) is 50.9 Å². The van der Waals surface area contributed by atoms with Gasteiger partial charge < -0.3 is 14.5 Å². The fourth-order valence-electron chi connectivity index (χ4n) is 5.37. The smallest absolute Gasteiger partial charge is 0.416 e. The number of aromatic amines is 1. The van der Waals surface area contributed by atoms with Crippen LogP contribution in [0.3, 0.4) is 0 Å². The van der Waals surface area contributed by atoms with Crippen LogP contribution in [0, 0.1) is 0 Å². The summed E-state index contributed by atoms with van der Waals surface area (Å²) in [5, 5.41) is 10.5. The van der Waals surface area contributed by atoms with Crippen LogP contribution in [0.4, 0.5) is 31.1 Å². The highest BCUT2D eigenvalue weighted by Gasteiger charge is 2.38. The number of nitrogens with zero attached hydrogens (tertiary/aromatic N) is 5. The monoisotopic (exact) mass is 598 g/mol. The number of carbonyl (C=O) groups is 2. The van der Waals surface area contributed by atoms with Crippen LogP contribution in [-0.2, 0) is 17.1 Å². The molecule has 2 aromatic carbocycles. The molecule has 9 nitrogen and oxygen atoms in total. The Bertz CT molecular complexity index is 1410. The first-order valence-electron chi connectivity index (χ1n) is 13.4. The topological polar surface area (TPSA) is 94.7 Å². The molecule has 0 aliphatic carbocycles. The molecule has 0 bridgehead atoms. The van der Waals surface area contributed by atoms with Crippen LogP contribution in [0.15, 0.2) is 36.4 Å². The number of ether oxygens (including phenoxy) is 1. The van der Waals surface area contributed by atoms with Crippen LogP contribution in [0.2, 0.25) is 0 Å². The fourth-order valence-corrected chi connectivity index (χ4v) is 5.37. The van der Waals surface area contributed by atoms with Gasteiger partial charge in [-0.1, -0.05) is 0 Å². The summed E-state index contributed by atoms with van der Waals surface area (Å²) >= 11 is 0. The highest BCUT2D eigenvalue weighted by molar-refractivity contribution is 5.97. The largest absolute Gasteiger partial charge is 0.442 e. The Kier molecular flexibility index (Phi) is 8.05. The molecule has 3 aromatic rings. The SMILES string of the molecule is C[C@@H](OC(=O)N1CCN(C2CCN(C(=O)c3ccc4n[nH]nc4c3)CC2)CC1)c1cc(C(F)(F)F)cc(C(F)(F)F)c1. The molecule has 0 saturated carbocycles. The van der Waals surface area contributed by atoms with E-state index in [2.05, 4.69) is 20.3 Å². The van der Waals surface area contributed by atoms with Crippen LogP contribution in [0.1, 0.15) is 52.9 Å². The second-order valence-corrected chi connectivity index (χ2v) is 10.4. The number of H-pyrrole nitrogens is 1. The second-order valence-electron chi connectivity index (χ2n) is 10.4. The molecule has 2 aliphatic heterocycles. The Morgan fingerprint density at radius 1 is 0.833 bits per heavy atom. The maximum absolute atomic E-state index is 13.2. The molecule has 42 heavy (non-hydrogen) atoms. The van der Waals surface area contributed by atoms with Crippen LogP contribution >= 0.6 is 0 Å². The van der Waals surface area contributed by atoms with Gasteiger partial charge >= 0.3 is 18.4 Å². The number of fused-ring (bicyclic) bond motifs is 1. The number of piperidine rings is 1. The molecule has 2 fully saturated rings. The van der Waals surface area contributed by atoms with Gasteiger partial charge in [-0.3, -0.25) is 9.69 Å². The molecule has 5 rings (SSSR count). The molecule has 1 atom stereocenters. The van der Waals surface area contributed by atoms with Crippen LogP contribution in [0.25, 0.3) is 11.0 Å². The highest BCUT2D eigenvalue weighted by atomic mass is 19.4. The molecule has 2 aliphatic rings. The number of amides is 2. The van der Waals surface area contributed by atoms with E-state index >= 15 is 0 Å². The van der Waals surface area contributed by atoms with E-state index in [-0.39, 0.29) is 18.0 Å². The predicted molar refractivity (Wildman–Crippen MR) is 137 cm³/mol. The molecule has 0 radical (unpaired) electrons. The normalized spacial score (nSPS) is 18.4. The molecule has 2 amide bonds. The van der Waals surface area contributed by atoms with E-state index in [1.54, 1.807) is 23.1 Å². The minimum atomic E-state index is -4.99. The number of piperazine rings is 1. The van der Waals surface area contributed by atoms with Crippen molar-refractivity contribution < 1.29 is 40.7 Å². The van der Waals surface area contributed by atoms with Gasteiger partial charge in [-0.05, 0) is 61.7 Å². The molecule has 0 unspecified atom stereocenters. The Labute approximate surface area is 236 Å². The fraction of sp³-hybridized carbons (Fsp3) is 0.481. The van der Waals surface area contributed by atoms with Crippen molar-refractivity contribution in [2.75, 3.05) is 39.3 Å². The van der Waals surface area contributed by atoms with E-state index in [0.29, 0.717) is 68.0 Å². The molecule has 1 aromatic heterocycles. The van der Waals surface area contributed by atoms with E-state index < -0.39 is 41.2 Å². The van der Waals surface area contributed by atoms with E-state index in [1.165, 1.54) is 11.8 Å². The number of halogens is 6. The van der Waals surface area contributed by atoms with Crippen LogP contribution in [0.5, 0.6) is 0 Å². The zero-order chi connectivity index (χ0) is 30.2. The van der Waals surface area contributed by atoms with E-state index in [9.17, 15) is 35.9 Å². The third-order valence-corrected chi connectivity index (χ3v) is 7.76. The summed E-state index contributed by atoms with van der Waals surface area (Å²) in [6.45, 7) is 3.99. The first-order valence-corrected chi connectivity index (χ1v) is 13.4. The summed E-state index contributed by atoms with van der Waals surface area (Å²) < 4.78 is 84.5. The van der Waals surface area contributed by atoms with Gasteiger partial charge in [0.25, 0.3) is 5.91 Å². The molecule has 226 valence electrons. The molecule has 2 saturated heterocycles. The summed E-state index contributed by atoms with van der Waals surface area (Å²) in [5.41, 5.74) is -1.50. The van der Waals surface area contributed by atoms with Gasteiger partial charge in [-0.2, -0.15) is 41.8 Å². The molecular weight excluding hydrogens is 570 g/mol. The number of carbonyl (C=O) groups excluding carboxylic acids is 2. The van der Waals surface area contributed by atoms with Crippen molar-refractivity contribution in [2.24, 2.45) is 0 Å². The number of hydrogen-bond donors (Lipinski definition) is 1. The molecule has 15 heteroatoms. The van der Waals surface area contributed by atoms with Crippen molar-refractivity contribution in [2.45, 2.75) is 44.3 Å². The van der Waals surface area contributed by atoms with E-state index in [4.69, 9.17) is 4.74 Å². The van der Waals surface area contributed by atoms with Crippen molar-refractivity contribution in [3.63, 3.8) is 0 Å². The molecular formula is C27H28F6N6O3. The van der Waals surface area contributed by atoms with Gasteiger partial charge in [0.15, 0.2) is 0 Å². The van der Waals surface area contributed by atoms with Gasteiger partial charge in [-0.25, -0.2) is 4.79 Å². The number of aromatic nitrogens is 3. The Morgan fingerprint density at radius 3 is 2.02 bits per heavy atom. The third-order valence-electron chi connectivity index (χ3n) is 7.76. The first-order chi connectivity index (χ1) is 19.8. The van der Waals surface area contributed by atoms with Crippen molar-refractivity contribution >= 4 is 23.0 Å². The lowest BCUT2D eigenvalue weighted by molar-refractivity contribution is -0.143. The van der Waals surface area contributed by atoms with Crippen molar-refractivity contribution in [1.29, 1.82) is 0 Å². The summed E-state index contributed by atoms with van der Waals surface area (Å²) in [6, 6.07) is 6.53. The number of likely N-dealkylation sites (tertiary alicyclic amines) is 1. The lowest BCUT2D eigenvalue weighted by Crippen LogP contribution is -2.54. The average molecular weight is 599 g/mol. The molecule has 0 spiro atoms. The van der Waals surface area contributed by atoms with Crippen LogP contribution < -0.4 is 0 Å². The summed E-state index contributed by atoms with van der Waals surface area (Å²) in [6.07, 6.45) is -10.6. The Balaban J connectivity index is 1.12. The Morgan fingerprint density at radius 2 is 1.43 bits per heavy atom. The number of rotatable bonds is 4. The molecule has 3 heterocycles. The van der Waals surface area contributed by atoms with E-state index in [0.717, 1.165) is 12.8 Å². The average Bonchev–Trinajstić information content (AvgIpc) is 3.44. The number of hydrogen-bond acceptors (Lipinski definition) is 6. The number of alkyl halides is 6. The van der Waals surface area contributed by atoms with Crippen molar-refractivity contribution in [3.05, 3.63) is 58.7 Å². The molecule has 1 N–H and O–H groups in total. The standard InChI is InChI=1S/C27H28F6N6O3/c1-16(18-12-19(26(28,29)30)15-20(13-18)27(31,32)33)42-25(41)39-10-8-37(9-11-39)21-4-6-38(7-5-21)24(40)17-2-3-22-23(14-17)35-36-34-22/h2-3,12-16,21H,4-11H2,1H3,(H,34,35,36)/t16-/m1/s1. The maximum atomic E-state index is 13.2. The Hall–Kier alpha value is -3.88. The number of benzene rings is 2. The predicted octanol–water partition coefficient (Wildman–Crippen LogP) is 5.12. The van der Waals surface area contributed by atoms with Crippen molar-refractivity contribution in [3.8, 4) is 0 Å². The highest BCUT2D eigenvalue weighted by Crippen LogP contribution is 2.38. The lowest BCUT2D eigenvalue weighted by atomic mass is 10.0. The summed E-state index contributed by atoms with van der Waals surface area (Å²) in [7, 11) is 0. The summed E-state index contributed by atoms with van der Waals surface area (Å²) in [5.74, 6) is -0.0804. The maximum Gasteiger partial charge on any atom is 0.416 e.